The Balaban J connectivity index is 2.12. The van der Waals surface area contributed by atoms with Gasteiger partial charge in [0.25, 0.3) is 0 Å². The van der Waals surface area contributed by atoms with Gasteiger partial charge in [-0.05, 0) is 44.4 Å². The molecule has 1 unspecified atom stereocenters. The highest BCUT2D eigenvalue weighted by molar-refractivity contribution is 5.76. The average Bonchev–Trinajstić information content (AvgIpc) is 2.64. The lowest BCUT2D eigenvalue weighted by Crippen LogP contribution is -2.37. The zero-order valence-corrected chi connectivity index (χ0v) is 16.2. The second kappa shape index (κ2) is 9.39. The van der Waals surface area contributed by atoms with Crippen molar-refractivity contribution in [2.75, 3.05) is 7.11 Å². The number of carbonyl (C=O) groups excluding carboxylic acids is 1. The quantitative estimate of drug-likeness (QED) is 0.772. The zero-order valence-electron chi connectivity index (χ0n) is 16.2. The van der Waals surface area contributed by atoms with Gasteiger partial charge in [-0.15, -0.1) is 0 Å². The molecular formula is C22H30N2O2. The molecule has 4 nitrogen and oxygen atoms in total. The van der Waals surface area contributed by atoms with Crippen LogP contribution in [0.25, 0.3) is 11.1 Å². The van der Waals surface area contributed by atoms with Gasteiger partial charge in [0.15, 0.2) is 0 Å². The van der Waals surface area contributed by atoms with Crippen molar-refractivity contribution in [3.05, 3.63) is 54.1 Å². The van der Waals surface area contributed by atoms with Crippen molar-refractivity contribution in [1.29, 1.82) is 0 Å². The average molecular weight is 354 g/mol. The largest absolute Gasteiger partial charge is 0.496 e. The van der Waals surface area contributed by atoms with E-state index >= 15 is 0 Å². The third-order valence-electron chi connectivity index (χ3n) is 4.48. The second-order valence-corrected chi connectivity index (χ2v) is 7.03. The number of para-hydroxylation sites is 1. The number of hydrogen-bond donors (Lipinski definition) is 1. The van der Waals surface area contributed by atoms with Crippen LogP contribution >= 0.6 is 0 Å². The topological polar surface area (TPSA) is 55.6 Å². The SMILES string of the molecule is COc1ccccc1-c1ccc(CN(C(=O)CCC(C)N)C(C)C)cc1. The van der Waals surface area contributed by atoms with Crippen molar-refractivity contribution < 1.29 is 9.53 Å². The molecule has 0 aliphatic rings. The standard InChI is InChI=1S/C22H30N2O2/c1-16(2)24(22(25)14-9-17(3)23)15-18-10-12-19(13-11-18)20-7-5-6-8-21(20)26-4/h5-8,10-13,16-17H,9,14-15,23H2,1-4H3. The fourth-order valence-corrected chi connectivity index (χ4v) is 2.92. The monoisotopic (exact) mass is 354 g/mol. The third-order valence-corrected chi connectivity index (χ3v) is 4.48. The molecule has 0 saturated heterocycles. The van der Waals surface area contributed by atoms with Gasteiger partial charge in [0.05, 0.1) is 7.11 Å². The Bertz CT molecular complexity index is 708. The molecule has 2 rings (SSSR count). The van der Waals surface area contributed by atoms with Crippen molar-refractivity contribution in [2.24, 2.45) is 5.73 Å². The predicted octanol–water partition coefficient (Wildman–Crippen LogP) is 4.23. The first-order chi connectivity index (χ1) is 12.4. The van der Waals surface area contributed by atoms with Crippen LogP contribution < -0.4 is 10.5 Å². The smallest absolute Gasteiger partial charge is 0.223 e. The first kappa shape index (κ1) is 20.0. The molecule has 0 saturated carbocycles. The van der Waals surface area contributed by atoms with Crippen LogP contribution in [0, 0.1) is 0 Å². The number of rotatable bonds is 8. The van der Waals surface area contributed by atoms with E-state index in [2.05, 4.69) is 24.3 Å². The lowest BCUT2D eigenvalue weighted by Gasteiger charge is -2.27. The Morgan fingerprint density at radius 2 is 1.73 bits per heavy atom. The Kier molecular flexibility index (Phi) is 7.22. The third kappa shape index (κ3) is 5.33. The van der Waals surface area contributed by atoms with Crippen molar-refractivity contribution in [3.63, 3.8) is 0 Å². The van der Waals surface area contributed by atoms with Crippen molar-refractivity contribution in [3.8, 4) is 16.9 Å². The number of hydrogen-bond acceptors (Lipinski definition) is 3. The summed E-state index contributed by atoms with van der Waals surface area (Å²) in [6.07, 6.45) is 1.21. The molecule has 0 heterocycles. The van der Waals surface area contributed by atoms with E-state index in [1.165, 1.54) is 0 Å². The summed E-state index contributed by atoms with van der Waals surface area (Å²) in [6.45, 7) is 6.64. The summed E-state index contributed by atoms with van der Waals surface area (Å²) in [4.78, 5) is 14.4. The first-order valence-electron chi connectivity index (χ1n) is 9.19. The Morgan fingerprint density at radius 1 is 1.08 bits per heavy atom. The van der Waals surface area contributed by atoms with Crippen LogP contribution in [0.15, 0.2) is 48.5 Å². The second-order valence-electron chi connectivity index (χ2n) is 7.03. The highest BCUT2D eigenvalue weighted by atomic mass is 16.5. The molecular weight excluding hydrogens is 324 g/mol. The molecule has 2 aromatic carbocycles. The van der Waals surface area contributed by atoms with Gasteiger partial charge in [-0.2, -0.15) is 0 Å². The summed E-state index contributed by atoms with van der Waals surface area (Å²) in [5.41, 5.74) is 9.07. The van der Waals surface area contributed by atoms with Gasteiger partial charge >= 0.3 is 0 Å². The van der Waals surface area contributed by atoms with Crippen LogP contribution in [0.3, 0.4) is 0 Å². The number of amides is 1. The zero-order chi connectivity index (χ0) is 19.1. The van der Waals surface area contributed by atoms with Crippen LogP contribution in [0.4, 0.5) is 0 Å². The fourth-order valence-electron chi connectivity index (χ4n) is 2.92. The lowest BCUT2D eigenvalue weighted by molar-refractivity contribution is -0.133. The number of nitrogens with zero attached hydrogens (tertiary/aromatic N) is 1. The molecule has 0 aromatic heterocycles. The molecule has 0 aliphatic heterocycles. The summed E-state index contributed by atoms with van der Waals surface area (Å²) in [6, 6.07) is 16.5. The first-order valence-corrected chi connectivity index (χ1v) is 9.19. The molecule has 2 aromatic rings. The minimum Gasteiger partial charge on any atom is -0.496 e. The van der Waals surface area contributed by atoms with Gasteiger partial charge in [0.1, 0.15) is 5.75 Å². The van der Waals surface area contributed by atoms with Gasteiger partial charge in [-0.3, -0.25) is 4.79 Å². The number of nitrogens with two attached hydrogens (primary N) is 1. The molecule has 4 heteroatoms. The van der Waals surface area contributed by atoms with Crippen LogP contribution in [-0.2, 0) is 11.3 Å². The highest BCUT2D eigenvalue weighted by Crippen LogP contribution is 2.29. The highest BCUT2D eigenvalue weighted by Gasteiger charge is 2.17. The van der Waals surface area contributed by atoms with Crippen molar-refractivity contribution in [2.45, 2.75) is 52.2 Å². The van der Waals surface area contributed by atoms with E-state index in [0.29, 0.717) is 13.0 Å². The molecule has 1 atom stereocenters. The maximum Gasteiger partial charge on any atom is 0.223 e. The molecule has 0 bridgehead atoms. The number of methoxy groups -OCH3 is 1. The summed E-state index contributed by atoms with van der Waals surface area (Å²) < 4.78 is 5.44. The number of carbonyl (C=O) groups is 1. The number of benzene rings is 2. The fraction of sp³-hybridized carbons (Fsp3) is 0.409. The van der Waals surface area contributed by atoms with Gasteiger partial charge < -0.3 is 15.4 Å². The molecule has 2 N–H and O–H groups in total. The summed E-state index contributed by atoms with van der Waals surface area (Å²) in [5, 5.41) is 0. The van der Waals surface area contributed by atoms with Gasteiger partial charge in [-0.1, -0.05) is 42.5 Å². The van der Waals surface area contributed by atoms with Crippen LogP contribution in [-0.4, -0.2) is 30.0 Å². The summed E-state index contributed by atoms with van der Waals surface area (Å²) >= 11 is 0. The molecule has 0 spiro atoms. The van der Waals surface area contributed by atoms with Crippen molar-refractivity contribution >= 4 is 5.91 Å². The predicted molar refractivity (Wildman–Crippen MR) is 107 cm³/mol. The van der Waals surface area contributed by atoms with E-state index in [1.807, 2.05) is 49.9 Å². The van der Waals surface area contributed by atoms with E-state index in [9.17, 15) is 4.79 Å². The van der Waals surface area contributed by atoms with Gasteiger partial charge in [0, 0.05) is 30.6 Å². The van der Waals surface area contributed by atoms with E-state index in [0.717, 1.165) is 28.9 Å². The lowest BCUT2D eigenvalue weighted by atomic mass is 10.0. The van der Waals surface area contributed by atoms with Crippen LogP contribution in [0.2, 0.25) is 0 Å². The van der Waals surface area contributed by atoms with Crippen LogP contribution in [0.5, 0.6) is 5.75 Å². The Labute approximate surface area is 157 Å². The molecule has 1 amide bonds. The van der Waals surface area contributed by atoms with Crippen molar-refractivity contribution in [1.82, 2.24) is 4.90 Å². The minimum absolute atomic E-state index is 0.0492. The Morgan fingerprint density at radius 3 is 2.31 bits per heavy atom. The van der Waals surface area contributed by atoms with Crippen LogP contribution in [0.1, 0.15) is 39.2 Å². The minimum atomic E-state index is 0.0492. The molecule has 140 valence electrons. The van der Waals surface area contributed by atoms with E-state index in [4.69, 9.17) is 10.5 Å². The van der Waals surface area contributed by atoms with Gasteiger partial charge in [-0.25, -0.2) is 0 Å². The molecule has 0 aliphatic carbocycles. The maximum atomic E-state index is 12.5. The molecule has 0 fully saturated rings. The molecule has 26 heavy (non-hydrogen) atoms. The van der Waals surface area contributed by atoms with E-state index in [-0.39, 0.29) is 18.0 Å². The van der Waals surface area contributed by atoms with E-state index in [1.54, 1.807) is 7.11 Å². The molecule has 0 radical (unpaired) electrons. The maximum absolute atomic E-state index is 12.5. The normalized spacial score (nSPS) is 12.1. The summed E-state index contributed by atoms with van der Waals surface area (Å²) in [5.74, 6) is 1.02. The Hall–Kier alpha value is -2.33. The van der Waals surface area contributed by atoms with E-state index < -0.39 is 0 Å². The summed E-state index contributed by atoms with van der Waals surface area (Å²) in [7, 11) is 1.68. The number of ether oxygens (including phenoxy) is 1. The van der Waals surface area contributed by atoms with Gasteiger partial charge in [0.2, 0.25) is 5.91 Å².